The Morgan fingerprint density at radius 3 is 2.44 bits per heavy atom. The van der Waals surface area contributed by atoms with E-state index in [1.165, 1.54) is 6.07 Å². The topological polar surface area (TPSA) is 101 Å². The second-order valence-electron chi connectivity index (χ2n) is 3.85. The molecule has 0 aromatic heterocycles. The van der Waals surface area contributed by atoms with E-state index < -0.39 is 27.5 Å². The number of rotatable bonds is 5. The summed E-state index contributed by atoms with van der Waals surface area (Å²) in [5, 5.41) is 11.1. The Bertz CT molecular complexity index is 565. The molecule has 1 amide bonds. The quantitative estimate of drug-likeness (QED) is 0.802. The van der Waals surface area contributed by atoms with E-state index in [0.717, 1.165) is 6.26 Å². The van der Waals surface area contributed by atoms with Gasteiger partial charge in [0.15, 0.2) is 9.84 Å². The lowest BCUT2D eigenvalue weighted by atomic mass is 10.1. The minimum Gasteiger partial charge on any atom is -0.481 e. The van der Waals surface area contributed by atoms with Crippen LogP contribution in [-0.2, 0) is 25.8 Å². The summed E-state index contributed by atoms with van der Waals surface area (Å²) in [5.41, 5.74) is 0.736. The second-order valence-corrected chi connectivity index (χ2v) is 5.99. The van der Waals surface area contributed by atoms with Crippen molar-refractivity contribution in [2.45, 2.75) is 6.42 Å². The van der Waals surface area contributed by atoms with Crippen molar-refractivity contribution in [3.05, 3.63) is 29.8 Å². The second kappa shape index (κ2) is 5.63. The van der Waals surface area contributed by atoms with E-state index in [0.29, 0.717) is 11.3 Å². The molecule has 7 heteroatoms. The number of aliphatic carboxylic acids is 1. The molecule has 0 spiro atoms. The summed E-state index contributed by atoms with van der Waals surface area (Å²) < 4.78 is 21.9. The van der Waals surface area contributed by atoms with Gasteiger partial charge in [0, 0.05) is 11.9 Å². The molecule has 0 radical (unpaired) electrons. The van der Waals surface area contributed by atoms with Gasteiger partial charge in [-0.2, -0.15) is 0 Å². The third kappa shape index (κ3) is 4.96. The average molecular weight is 271 g/mol. The molecule has 0 atom stereocenters. The molecular formula is C11H13NO5S. The van der Waals surface area contributed by atoms with Crippen LogP contribution >= 0.6 is 0 Å². The van der Waals surface area contributed by atoms with Gasteiger partial charge in [0.1, 0.15) is 5.75 Å². The lowest BCUT2D eigenvalue weighted by molar-refractivity contribution is -0.136. The van der Waals surface area contributed by atoms with Crippen molar-refractivity contribution in [3.63, 3.8) is 0 Å². The van der Waals surface area contributed by atoms with E-state index in [-0.39, 0.29) is 6.42 Å². The molecule has 0 aliphatic carbocycles. The monoisotopic (exact) mass is 271 g/mol. The zero-order chi connectivity index (χ0) is 13.8. The van der Waals surface area contributed by atoms with Gasteiger partial charge >= 0.3 is 5.97 Å². The van der Waals surface area contributed by atoms with Gasteiger partial charge in [-0.25, -0.2) is 8.42 Å². The Morgan fingerprint density at radius 2 is 1.89 bits per heavy atom. The largest absolute Gasteiger partial charge is 0.481 e. The normalized spacial score (nSPS) is 10.9. The molecule has 2 N–H and O–H groups in total. The highest BCUT2D eigenvalue weighted by Gasteiger charge is 2.13. The summed E-state index contributed by atoms with van der Waals surface area (Å²) in [5.74, 6) is -2.34. The molecule has 98 valence electrons. The van der Waals surface area contributed by atoms with Gasteiger partial charge in [-0.3, -0.25) is 9.59 Å². The highest BCUT2D eigenvalue weighted by atomic mass is 32.2. The standard InChI is InChI=1S/C11H13NO5S/c1-18(16,17)7-10(13)12-9-5-3-2-4-8(9)6-11(14)15/h2-5H,6-7H2,1H3,(H,12,13)(H,14,15). The molecule has 0 saturated heterocycles. The number of sulfone groups is 1. The lowest BCUT2D eigenvalue weighted by Crippen LogP contribution is -2.22. The Balaban J connectivity index is 2.84. The predicted octanol–water partition coefficient (Wildman–Crippen LogP) is 0.297. The van der Waals surface area contributed by atoms with Gasteiger partial charge in [-0.05, 0) is 11.6 Å². The summed E-state index contributed by atoms with van der Waals surface area (Å²) in [6.07, 6.45) is 0.713. The third-order valence-corrected chi connectivity index (χ3v) is 2.81. The van der Waals surface area contributed by atoms with Crippen LogP contribution in [0.1, 0.15) is 5.56 Å². The maximum Gasteiger partial charge on any atom is 0.307 e. The Hall–Kier alpha value is -1.89. The number of carbonyl (C=O) groups excluding carboxylic acids is 1. The summed E-state index contributed by atoms with van der Waals surface area (Å²) in [6.45, 7) is 0. The summed E-state index contributed by atoms with van der Waals surface area (Å²) in [6, 6.07) is 6.36. The molecule has 0 heterocycles. The van der Waals surface area contributed by atoms with Crippen LogP contribution in [0.2, 0.25) is 0 Å². The third-order valence-electron chi connectivity index (χ3n) is 2.03. The molecule has 0 aliphatic rings. The molecule has 0 unspecified atom stereocenters. The number of carboxylic acids is 1. The number of amides is 1. The number of carboxylic acid groups (broad SMARTS) is 1. The van der Waals surface area contributed by atoms with Crippen LogP contribution in [0.4, 0.5) is 5.69 Å². The predicted molar refractivity (Wildman–Crippen MR) is 66.1 cm³/mol. The minimum absolute atomic E-state index is 0.241. The number of benzene rings is 1. The van der Waals surface area contributed by atoms with Gasteiger partial charge in [-0.15, -0.1) is 0 Å². The van der Waals surface area contributed by atoms with Crippen LogP contribution in [-0.4, -0.2) is 37.4 Å². The van der Waals surface area contributed by atoms with Crippen molar-refractivity contribution >= 4 is 27.4 Å². The lowest BCUT2D eigenvalue weighted by Gasteiger charge is -2.09. The van der Waals surface area contributed by atoms with Crippen molar-refractivity contribution in [1.29, 1.82) is 0 Å². The van der Waals surface area contributed by atoms with Crippen molar-refractivity contribution in [3.8, 4) is 0 Å². The van der Waals surface area contributed by atoms with Crippen molar-refractivity contribution in [1.82, 2.24) is 0 Å². The molecular weight excluding hydrogens is 258 g/mol. The first-order valence-electron chi connectivity index (χ1n) is 5.05. The molecule has 0 bridgehead atoms. The zero-order valence-electron chi connectivity index (χ0n) is 9.71. The van der Waals surface area contributed by atoms with E-state index in [1.807, 2.05) is 0 Å². The fraction of sp³-hybridized carbons (Fsp3) is 0.273. The number of para-hydroxylation sites is 1. The van der Waals surface area contributed by atoms with Crippen LogP contribution in [0.25, 0.3) is 0 Å². The highest BCUT2D eigenvalue weighted by Crippen LogP contribution is 2.15. The highest BCUT2D eigenvalue weighted by molar-refractivity contribution is 7.91. The number of hydrogen-bond donors (Lipinski definition) is 2. The molecule has 1 aromatic rings. The first-order chi connectivity index (χ1) is 8.28. The van der Waals surface area contributed by atoms with E-state index in [2.05, 4.69) is 5.32 Å². The number of nitrogens with one attached hydrogen (secondary N) is 1. The van der Waals surface area contributed by atoms with E-state index in [1.54, 1.807) is 18.2 Å². The van der Waals surface area contributed by atoms with Crippen molar-refractivity contribution in [2.24, 2.45) is 0 Å². The van der Waals surface area contributed by atoms with Crippen LogP contribution in [0.5, 0.6) is 0 Å². The molecule has 0 fully saturated rings. The van der Waals surface area contributed by atoms with Crippen LogP contribution in [0, 0.1) is 0 Å². The first kappa shape index (κ1) is 14.2. The van der Waals surface area contributed by atoms with Crippen molar-refractivity contribution < 1.29 is 23.1 Å². The van der Waals surface area contributed by atoms with Crippen molar-refractivity contribution in [2.75, 3.05) is 17.3 Å². The van der Waals surface area contributed by atoms with E-state index >= 15 is 0 Å². The minimum atomic E-state index is -3.41. The van der Waals surface area contributed by atoms with Crippen LogP contribution < -0.4 is 5.32 Å². The van der Waals surface area contributed by atoms with Crippen LogP contribution in [0.15, 0.2) is 24.3 Å². The summed E-state index contributed by atoms with van der Waals surface area (Å²) in [7, 11) is -3.41. The Kier molecular flexibility index (Phi) is 4.43. The fourth-order valence-corrected chi connectivity index (χ4v) is 1.93. The van der Waals surface area contributed by atoms with Gasteiger partial charge in [-0.1, -0.05) is 18.2 Å². The average Bonchev–Trinajstić information content (AvgIpc) is 2.17. The Morgan fingerprint density at radius 1 is 1.28 bits per heavy atom. The van der Waals surface area contributed by atoms with E-state index in [4.69, 9.17) is 5.11 Å². The SMILES string of the molecule is CS(=O)(=O)CC(=O)Nc1ccccc1CC(=O)O. The maximum atomic E-state index is 11.4. The van der Waals surface area contributed by atoms with Crippen LogP contribution in [0.3, 0.4) is 0 Å². The van der Waals surface area contributed by atoms with Gasteiger partial charge in [0.05, 0.1) is 6.42 Å². The Labute approximate surface area is 105 Å². The molecule has 1 rings (SSSR count). The smallest absolute Gasteiger partial charge is 0.307 e. The van der Waals surface area contributed by atoms with Gasteiger partial charge < -0.3 is 10.4 Å². The zero-order valence-corrected chi connectivity index (χ0v) is 10.5. The first-order valence-corrected chi connectivity index (χ1v) is 7.11. The van der Waals surface area contributed by atoms with Gasteiger partial charge in [0.2, 0.25) is 5.91 Å². The molecule has 0 aliphatic heterocycles. The molecule has 18 heavy (non-hydrogen) atoms. The number of hydrogen-bond acceptors (Lipinski definition) is 4. The van der Waals surface area contributed by atoms with E-state index in [9.17, 15) is 18.0 Å². The summed E-state index contributed by atoms with van der Waals surface area (Å²) >= 11 is 0. The molecule has 0 saturated carbocycles. The van der Waals surface area contributed by atoms with Gasteiger partial charge in [0.25, 0.3) is 0 Å². The fourth-order valence-electron chi connectivity index (χ4n) is 1.38. The number of carbonyl (C=O) groups is 2. The molecule has 1 aromatic carbocycles. The molecule has 6 nitrogen and oxygen atoms in total. The maximum absolute atomic E-state index is 11.4. The number of anilines is 1. The summed E-state index contributed by atoms with van der Waals surface area (Å²) in [4.78, 5) is 22.1.